The highest BCUT2D eigenvalue weighted by Gasteiger charge is 2.32. The molecule has 3 rings (SSSR count). The smallest absolute Gasteiger partial charge is 0.327 e. The van der Waals surface area contributed by atoms with Crippen LogP contribution >= 0.6 is 0 Å². The molecule has 0 atom stereocenters. The van der Waals surface area contributed by atoms with Crippen molar-refractivity contribution in [2.24, 2.45) is 0 Å². The molecule has 0 radical (unpaired) electrons. The average molecular weight is 401 g/mol. The molecular formula is C20H23N3O6. The van der Waals surface area contributed by atoms with Crippen LogP contribution in [0.4, 0.5) is 17.1 Å². The Balaban J connectivity index is 1.92. The molecule has 1 fully saturated rings. The van der Waals surface area contributed by atoms with Crippen molar-refractivity contribution in [3.05, 3.63) is 46.0 Å². The van der Waals surface area contributed by atoms with Gasteiger partial charge in [0, 0.05) is 30.5 Å². The Labute approximate surface area is 168 Å². The summed E-state index contributed by atoms with van der Waals surface area (Å²) < 4.78 is 15.5. The molecule has 0 aliphatic carbocycles. The lowest BCUT2D eigenvalue weighted by Crippen LogP contribution is -2.18. The van der Waals surface area contributed by atoms with Gasteiger partial charge in [-0.05, 0) is 37.1 Å². The minimum atomic E-state index is -0.674. The highest BCUT2D eigenvalue weighted by Crippen LogP contribution is 2.46. The molecule has 2 aromatic rings. The molecule has 2 aromatic carbocycles. The maximum atomic E-state index is 12.8. The molecular weight excluding hydrogens is 378 g/mol. The second kappa shape index (κ2) is 8.68. The predicted octanol–water partition coefficient (Wildman–Crippen LogP) is 3.47. The SMILES string of the molecule is COc1cc(C(=O)Nc2ccc(N3CCCC3)cc2)c([N+](=O)[O-])c(OC)c1OC. The Hall–Kier alpha value is -3.49. The zero-order valence-corrected chi connectivity index (χ0v) is 16.6. The van der Waals surface area contributed by atoms with Gasteiger partial charge in [0.05, 0.1) is 26.3 Å². The summed E-state index contributed by atoms with van der Waals surface area (Å²) >= 11 is 0. The van der Waals surface area contributed by atoms with E-state index in [0.29, 0.717) is 5.69 Å². The molecule has 1 heterocycles. The van der Waals surface area contributed by atoms with Gasteiger partial charge in [-0.15, -0.1) is 0 Å². The standard InChI is InChI=1S/C20H23N3O6/c1-27-16-12-15(17(23(25)26)19(29-3)18(16)28-2)20(24)21-13-6-8-14(9-7-13)22-10-4-5-11-22/h6-9,12H,4-5,10-11H2,1-3H3,(H,21,24). The van der Waals surface area contributed by atoms with E-state index in [2.05, 4.69) is 10.2 Å². The van der Waals surface area contributed by atoms with E-state index in [1.807, 2.05) is 12.1 Å². The van der Waals surface area contributed by atoms with Crippen molar-refractivity contribution in [1.29, 1.82) is 0 Å². The van der Waals surface area contributed by atoms with E-state index in [4.69, 9.17) is 14.2 Å². The van der Waals surface area contributed by atoms with E-state index < -0.39 is 16.5 Å². The lowest BCUT2D eigenvalue weighted by Gasteiger charge is -2.18. The van der Waals surface area contributed by atoms with Gasteiger partial charge in [0.25, 0.3) is 5.91 Å². The van der Waals surface area contributed by atoms with E-state index >= 15 is 0 Å². The Kier molecular flexibility index (Phi) is 6.06. The summed E-state index contributed by atoms with van der Waals surface area (Å²) in [5, 5.41) is 14.4. The van der Waals surface area contributed by atoms with Crippen LogP contribution in [0, 0.1) is 10.1 Å². The van der Waals surface area contributed by atoms with Gasteiger partial charge in [0.1, 0.15) is 5.56 Å². The number of rotatable bonds is 7. The number of hydrogen-bond acceptors (Lipinski definition) is 7. The van der Waals surface area contributed by atoms with Crippen LogP contribution in [-0.4, -0.2) is 45.2 Å². The van der Waals surface area contributed by atoms with Crippen LogP contribution in [0.5, 0.6) is 17.2 Å². The largest absolute Gasteiger partial charge is 0.493 e. The van der Waals surface area contributed by atoms with Crippen molar-refractivity contribution >= 4 is 23.0 Å². The molecule has 9 nitrogen and oxygen atoms in total. The van der Waals surface area contributed by atoms with Gasteiger partial charge >= 0.3 is 5.69 Å². The number of nitro benzene ring substituents is 1. The molecule has 0 bridgehead atoms. The third kappa shape index (κ3) is 4.03. The second-order valence-electron chi connectivity index (χ2n) is 6.49. The zero-order chi connectivity index (χ0) is 21.0. The third-order valence-corrected chi connectivity index (χ3v) is 4.83. The first-order valence-electron chi connectivity index (χ1n) is 9.13. The molecule has 9 heteroatoms. The summed E-state index contributed by atoms with van der Waals surface area (Å²) in [6.07, 6.45) is 2.34. The molecule has 1 aliphatic rings. The minimum absolute atomic E-state index is 0.0493. The number of amides is 1. The fourth-order valence-corrected chi connectivity index (χ4v) is 3.42. The normalized spacial score (nSPS) is 13.1. The van der Waals surface area contributed by atoms with Crippen LogP contribution in [0.25, 0.3) is 0 Å². The summed E-state index contributed by atoms with van der Waals surface area (Å²) in [7, 11) is 3.98. The summed E-state index contributed by atoms with van der Waals surface area (Å²) in [6, 6.07) is 8.66. The predicted molar refractivity (Wildman–Crippen MR) is 109 cm³/mol. The number of ether oxygens (including phenoxy) is 3. The van der Waals surface area contributed by atoms with Crippen LogP contribution in [0.2, 0.25) is 0 Å². The van der Waals surface area contributed by atoms with Gasteiger partial charge in [-0.1, -0.05) is 0 Å². The Morgan fingerprint density at radius 3 is 2.17 bits per heavy atom. The number of carbonyl (C=O) groups is 1. The van der Waals surface area contributed by atoms with Crippen molar-refractivity contribution in [3.8, 4) is 17.2 Å². The lowest BCUT2D eigenvalue weighted by molar-refractivity contribution is -0.386. The maximum absolute atomic E-state index is 12.8. The number of anilines is 2. The van der Waals surface area contributed by atoms with Gasteiger partial charge in [0.2, 0.25) is 11.5 Å². The van der Waals surface area contributed by atoms with E-state index in [9.17, 15) is 14.9 Å². The first kappa shape index (κ1) is 20.2. The minimum Gasteiger partial charge on any atom is -0.493 e. The molecule has 154 valence electrons. The van der Waals surface area contributed by atoms with E-state index in [-0.39, 0.29) is 22.8 Å². The van der Waals surface area contributed by atoms with Crippen molar-refractivity contribution in [1.82, 2.24) is 0 Å². The number of nitrogens with zero attached hydrogens (tertiary/aromatic N) is 2. The number of hydrogen-bond donors (Lipinski definition) is 1. The maximum Gasteiger partial charge on any atom is 0.327 e. The molecule has 1 amide bonds. The van der Waals surface area contributed by atoms with E-state index in [0.717, 1.165) is 18.8 Å². The van der Waals surface area contributed by atoms with Gasteiger partial charge in [-0.25, -0.2) is 0 Å². The summed E-state index contributed by atoms with van der Waals surface area (Å²) in [5.74, 6) is -0.617. The second-order valence-corrected chi connectivity index (χ2v) is 6.49. The Morgan fingerprint density at radius 2 is 1.66 bits per heavy atom. The first-order valence-corrected chi connectivity index (χ1v) is 9.13. The monoisotopic (exact) mass is 401 g/mol. The van der Waals surface area contributed by atoms with Crippen LogP contribution in [0.3, 0.4) is 0 Å². The topological polar surface area (TPSA) is 103 Å². The van der Waals surface area contributed by atoms with Gasteiger partial charge in [0.15, 0.2) is 5.75 Å². The molecule has 1 saturated heterocycles. The lowest BCUT2D eigenvalue weighted by atomic mass is 10.1. The van der Waals surface area contributed by atoms with E-state index in [1.165, 1.54) is 40.2 Å². The molecule has 0 aromatic heterocycles. The molecule has 0 spiro atoms. The Bertz CT molecular complexity index is 907. The molecule has 0 saturated carbocycles. The van der Waals surface area contributed by atoms with Gasteiger partial charge in [-0.3, -0.25) is 14.9 Å². The quantitative estimate of drug-likeness (QED) is 0.560. The van der Waals surface area contributed by atoms with Crippen molar-refractivity contribution in [3.63, 3.8) is 0 Å². The van der Waals surface area contributed by atoms with Crippen molar-refractivity contribution in [2.45, 2.75) is 12.8 Å². The van der Waals surface area contributed by atoms with Crippen LogP contribution in [0.1, 0.15) is 23.2 Å². The number of nitro groups is 1. The van der Waals surface area contributed by atoms with E-state index in [1.54, 1.807) is 12.1 Å². The summed E-state index contributed by atoms with van der Waals surface area (Å²) in [4.78, 5) is 26.1. The van der Waals surface area contributed by atoms with Crippen molar-refractivity contribution in [2.75, 3.05) is 44.6 Å². The van der Waals surface area contributed by atoms with Gasteiger partial charge < -0.3 is 24.4 Å². The molecule has 29 heavy (non-hydrogen) atoms. The zero-order valence-electron chi connectivity index (χ0n) is 16.6. The summed E-state index contributed by atoms with van der Waals surface area (Å²) in [6.45, 7) is 2.03. The molecule has 0 unspecified atom stereocenters. The number of carbonyl (C=O) groups excluding carboxylic acids is 1. The van der Waals surface area contributed by atoms with Crippen LogP contribution in [0.15, 0.2) is 30.3 Å². The van der Waals surface area contributed by atoms with Crippen LogP contribution in [-0.2, 0) is 0 Å². The molecule has 1 aliphatic heterocycles. The number of nitrogens with one attached hydrogen (secondary N) is 1. The van der Waals surface area contributed by atoms with Crippen molar-refractivity contribution < 1.29 is 23.9 Å². The number of benzene rings is 2. The average Bonchev–Trinajstić information content (AvgIpc) is 3.27. The Morgan fingerprint density at radius 1 is 1.03 bits per heavy atom. The third-order valence-electron chi connectivity index (χ3n) is 4.83. The number of methoxy groups -OCH3 is 3. The van der Waals surface area contributed by atoms with Gasteiger partial charge in [-0.2, -0.15) is 0 Å². The first-order chi connectivity index (χ1) is 14.0. The fourth-order valence-electron chi connectivity index (χ4n) is 3.42. The summed E-state index contributed by atoms with van der Waals surface area (Å²) in [5.41, 5.74) is 0.935. The fraction of sp³-hybridized carbons (Fsp3) is 0.350. The molecule has 1 N–H and O–H groups in total. The highest BCUT2D eigenvalue weighted by atomic mass is 16.6. The van der Waals surface area contributed by atoms with Crippen LogP contribution < -0.4 is 24.4 Å². The highest BCUT2D eigenvalue weighted by molar-refractivity contribution is 6.08.